The molecule has 2 aliphatic rings. The van der Waals surface area contributed by atoms with Gasteiger partial charge in [-0.15, -0.1) is 0 Å². The van der Waals surface area contributed by atoms with Crippen LogP contribution in [0, 0.1) is 13.8 Å². The number of ether oxygens (including phenoxy) is 4. The van der Waals surface area contributed by atoms with Crippen molar-refractivity contribution in [2.75, 3.05) is 37.0 Å². The zero-order valence-electron chi connectivity index (χ0n) is 33.0. The van der Waals surface area contributed by atoms with E-state index in [0.717, 1.165) is 22.3 Å². The Balaban J connectivity index is 1.45. The van der Waals surface area contributed by atoms with Crippen molar-refractivity contribution in [3.63, 3.8) is 0 Å². The van der Waals surface area contributed by atoms with Crippen LogP contribution in [0.2, 0.25) is 0 Å². The first-order valence-corrected chi connectivity index (χ1v) is 21.7. The smallest absolute Gasteiger partial charge is 0.264 e. The Kier molecular flexibility index (Phi) is 10.1. The summed E-state index contributed by atoms with van der Waals surface area (Å²) in [6.07, 6.45) is 0. The van der Waals surface area contributed by atoms with Crippen LogP contribution in [0.15, 0.2) is 143 Å². The molecule has 0 N–H and O–H groups in total. The third-order valence-corrected chi connectivity index (χ3v) is 14.9. The number of aryl methyl sites for hydroxylation is 2. The molecular weight excluding hydrogens is 773 g/mol. The van der Waals surface area contributed by atoms with E-state index in [9.17, 15) is 0 Å². The zero-order valence-corrected chi connectivity index (χ0v) is 34.6. The lowest BCUT2D eigenvalue weighted by Crippen LogP contribution is -2.37. The summed E-state index contributed by atoms with van der Waals surface area (Å²) in [5.74, 6) is 0.523. The standard InChI is InChI=1S/C46H44N2O8S2/c1-29-15-21-33(22-16-29)57(49,50)47-37-13-9-7-11-35(37)43(45(47)31-19-25-39(53-3)41(27-31)55-5)44-36-12-8-10-14-38(36)48(58(51,52)34-23-17-30(2)18-24-34)46(44)32-20-26-40(54-4)42(28-32)56-6/h7-28,43-46H,1-6H3/t43-,44-,45-,46-/m0/s1. The lowest BCUT2D eigenvalue weighted by Gasteiger charge is -2.37. The quantitative estimate of drug-likeness (QED) is 0.127. The zero-order chi connectivity index (χ0) is 40.9. The normalized spacial score (nSPS) is 18.7. The molecule has 4 atom stereocenters. The second-order valence-corrected chi connectivity index (χ2v) is 18.1. The molecule has 0 aromatic heterocycles. The average Bonchev–Trinajstić information content (AvgIpc) is 3.77. The van der Waals surface area contributed by atoms with Gasteiger partial charge in [0.05, 0.1) is 61.7 Å². The summed E-state index contributed by atoms with van der Waals surface area (Å²) in [4.78, 5) is 0.261. The van der Waals surface area contributed by atoms with Gasteiger partial charge in [-0.05, 0) is 96.8 Å². The van der Waals surface area contributed by atoms with Gasteiger partial charge in [-0.2, -0.15) is 0 Å². The van der Waals surface area contributed by atoms with Gasteiger partial charge in [-0.1, -0.05) is 83.9 Å². The minimum atomic E-state index is -4.24. The molecule has 0 spiro atoms. The van der Waals surface area contributed by atoms with E-state index in [1.54, 1.807) is 74.9 Å². The second-order valence-electron chi connectivity index (χ2n) is 14.5. The molecule has 298 valence electrons. The van der Waals surface area contributed by atoms with E-state index in [1.807, 2.05) is 86.6 Å². The van der Waals surface area contributed by atoms with E-state index in [1.165, 1.54) is 22.8 Å². The number of hydrogen-bond acceptors (Lipinski definition) is 8. The fourth-order valence-electron chi connectivity index (χ4n) is 8.62. The Labute approximate surface area is 340 Å². The molecule has 0 saturated heterocycles. The van der Waals surface area contributed by atoms with Crippen LogP contribution >= 0.6 is 0 Å². The molecule has 58 heavy (non-hydrogen) atoms. The Bertz CT molecular complexity index is 2530. The van der Waals surface area contributed by atoms with Gasteiger partial charge in [0.2, 0.25) is 0 Å². The highest BCUT2D eigenvalue weighted by molar-refractivity contribution is 7.93. The number of methoxy groups -OCH3 is 4. The molecule has 6 aromatic carbocycles. The molecule has 2 aliphatic heterocycles. The van der Waals surface area contributed by atoms with Crippen LogP contribution in [0.5, 0.6) is 23.0 Å². The van der Waals surface area contributed by atoms with Crippen molar-refractivity contribution in [2.24, 2.45) is 0 Å². The highest BCUT2D eigenvalue weighted by Crippen LogP contribution is 2.65. The maximum Gasteiger partial charge on any atom is 0.264 e. The second kappa shape index (κ2) is 15.1. The third kappa shape index (κ3) is 6.31. The average molecular weight is 817 g/mol. The fraction of sp³-hybridized carbons (Fsp3) is 0.217. The van der Waals surface area contributed by atoms with Crippen molar-refractivity contribution in [2.45, 2.75) is 47.6 Å². The monoisotopic (exact) mass is 816 g/mol. The third-order valence-electron chi connectivity index (χ3n) is 11.3. The van der Waals surface area contributed by atoms with Crippen LogP contribution in [-0.2, 0) is 20.0 Å². The first-order valence-electron chi connectivity index (χ1n) is 18.8. The number of sulfonamides is 2. The topological polar surface area (TPSA) is 112 Å². The summed E-state index contributed by atoms with van der Waals surface area (Å²) in [5.41, 5.74) is 5.61. The lowest BCUT2D eigenvalue weighted by atomic mass is 9.73. The van der Waals surface area contributed by atoms with Crippen LogP contribution in [0.3, 0.4) is 0 Å². The number of hydrogen-bond donors (Lipinski definition) is 0. The molecule has 6 aromatic rings. The number of anilines is 2. The van der Waals surface area contributed by atoms with Gasteiger partial charge in [0, 0.05) is 11.8 Å². The van der Waals surface area contributed by atoms with Gasteiger partial charge in [-0.3, -0.25) is 8.61 Å². The highest BCUT2D eigenvalue weighted by Gasteiger charge is 2.56. The summed E-state index contributed by atoms with van der Waals surface area (Å²) in [7, 11) is -2.30. The van der Waals surface area contributed by atoms with Crippen molar-refractivity contribution in [1.29, 1.82) is 0 Å². The van der Waals surface area contributed by atoms with E-state index in [2.05, 4.69) is 0 Å². The van der Waals surface area contributed by atoms with E-state index in [4.69, 9.17) is 18.9 Å². The molecule has 12 heteroatoms. The predicted molar refractivity (Wildman–Crippen MR) is 225 cm³/mol. The molecule has 2 heterocycles. The summed E-state index contributed by atoms with van der Waals surface area (Å²) in [6, 6.07) is 37.7. The van der Waals surface area contributed by atoms with Gasteiger partial charge in [0.15, 0.2) is 23.0 Å². The van der Waals surface area contributed by atoms with Gasteiger partial charge in [0.25, 0.3) is 20.0 Å². The van der Waals surface area contributed by atoms with Crippen molar-refractivity contribution in [1.82, 2.24) is 0 Å². The van der Waals surface area contributed by atoms with Gasteiger partial charge < -0.3 is 18.9 Å². The maximum absolute atomic E-state index is 15.3. The van der Waals surface area contributed by atoms with Gasteiger partial charge in [0.1, 0.15) is 0 Å². The molecule has 0 amide bonds. The molecular formula is C46H44N2O8S2. The van der Waals surface area contributed by atoms with E-state index in [-0.39, 0.29) is 9.79 Å². The fourth-order valence-corrected chi connectivity index (χ4v) is 12.0. The Hall–Kier alpha value is -5.98. The number of benzene rings is 6. The number of rotatable bonds is 11. The molecule has 0 bridgehead atoms. The van der Waals surface area contributed by atoms with Crippen LogP contribution in [0.25, 0.3) is 0 Å². The van der Waals surface area contributed by atoms with Crippen molar-refractivity contribution in [3.8, 4) is 23.0 Å². The van der Waals surface area contributed by atoms with Gasteiger partial charge >= 0.3 is 0 Å². The summed E-state index contributed by atoms with van der Waals surface area (Å²) in [6.45, 7) is 3.82. The number of fused-ring (bicyclic) bond motifs is 2. The maximum atomic E-state index is 15.3. The molecule has 0 radical (unpaired) electrons. The molecule has 0 unspecified atom stereocenters. The predicted octanol–water partition coefficient (Wildman–Crippen LogP) is 9.11. The van der Waals surface area contributed by atoms with E-state index >= 15 is 16.8 Å². The van der Waals surface area contributed by atoms with E-state index < -0.39 is 44.0 Å². The number of nitrogens with zero attached hydrogens (tertiary/aromatic N) is 2. The van der Waals surface area contributed by atoms with E-state index in [0.29, 0.717) is 45.5 Å². The molecule has 0 saturated carbocycles. The van der Waals surface area contributed by atoms with Crippen LogP contribution in [0.4, 0.5) is 11.4 Å². The van der Waals surface area contributed by atoms with Crippen LogP contribution < -0.4 is 27.6 Å². The molecule has 0 aliphatic carbocycles. The molecule has 10 nitrogen and oxygen atoms in total. The minimum absolute atomic E-state index is 0.130. The first kappa shape index (κ1) is 38.9. The Morgan fingerprint density at radius 3 is 1.12 bits per heavy atom. The minimum Gasteiger partial charge on any atom is -0.493 e. The molecule has 8 rings (SSSR count). The summed E-state index contributed by atoms with van der Waals surface area (Å²) < 4.78 is 86.9. The molecule has 0 fully saturated rings. The van der Waals surface area contributed by atoms with Crippen molar-refractivity contribution in [3.05, 3.63) is 167 Å². The first-order chi connectivity index (χ1) is 27.9. The van der Waals surface area contributed by atoms with Crippen LogP contribution in [0.1, 0.15) is 57.3 Å². The Morgan fingerprint density at radius 2 is 0.776 bits per heavy atom. The SMILES string of the molecule is COc1ccc([C@H]2[C@H]([C@@H]3c4ccccc4N(S(=O)(=O)c4ccc(C)cc4)[C@H]3c3ccc(OC)c(OC)c3)c3ccccc3N2S(=O)(=O)c2ccc(C)cc2)cc1OC. The largest absolute Gasteiger partial charge is 0.493 e. The Morgan fingerprint density at radius 1 is 0.431 bits per heavy atom. The van der Waals surface area contributed by atoms with Crippen molar-refractivity contribution >= 4 is 31.4 Å². The summed E-state index contributed by atoms with van der Waals surface area (Å²) in [5, 5.41) is 0. The van der Waals surface area contributed by atoms with Crippen LogP contribution in [-0.4, -0.2) is 45.3 Å². The van der Waals surface area contributed by atoms with Gasteiger partial charge in [-0.25, -0.2) is 16.8 Å². The summed E-state index contributed by atoms with van der Waals surface area (Å²) >= 11 is 0. The number of para-hydroxylation sites is 2. The highest BCUT2D eigenvalue weighted by atomic mass is 32.2. The van der Waals surface area contributed by atoms with Crippen molar-refractivity contribution < 1.29 is 35.8 Å². The lowest BCUT2D eigenvalue weighted by molar-refractivity contribution is 0.352.